The van der Waals surface area contributed by atoms with Crippen molar-refractivity contribution in [3.05, 3.63) is 70.4 Å². The Morgan fingerprint density at radius 1 is 1.00 bits per heavy atom. The number of hydrogen-bond acceptors (Lipinski definition) is 5. The van der Waals surface area contributed by atoms with Gasteiger partial charge in [-0.1, -0.05) is 30.3 Å². The van der Waals surface area contributed by atoms with Crippen molar-refractivity contribution in [3.63, 3.8) is 0 Å². The van der Waals surface area contributed by atoms with E-state index in [1.54, 1.807) is 47.3 Å². The van der Waals surface area contributed by atoms with Crippen LogP contribution in [0.15, 0.2) is 53.5 Å². The fraction of sp³-hybridized carbons (Fsp3) is 0.318. The first-order chi connectivity index (χ1) is 14.5. The van der Waals surface area contributed by atoms with Crippen LogP contribution in [0.5, 0.6) is 0 Å². The van der Waals surface area contributed by atoms with E-state index < -0.39 is 37.3 Å². The Balaban J connectivity index is 1.63. The predicted molar refractivity (Wildman–Crippen MR) is 109 cm³/mol. The summed E-state index contributed by atoms with van der Waals surface area (Å²) in [5, 5.41) is 12.3. The van der Waals surface area contributed by atoms with Gasteiger partial charge in [0, 0.05) is 35.2 Å². The molecule has 2 heterocycles. The average Bonchev–Trinajstić information content (AvgIpc) is 3.29. The van der Waals surface area contributed by atoms with E-state index in [1.165, 1.54) is 0 Å². The number of aryl methyl sites for hydroxylation is 2. The van der Waals surface area contributed by atoms with Crippen LogP contribution in [0.2, 0.25) is 0 Å². The smallest absolute Gasteiger partial charge is 0.295 e. The van der Waals surface area contributed by atoms with Crippen LogP contribution in [0.3, 0.4) is 0 Å². The van der Waals surface area contributed by atoms with Gasteiger partial charge in [0.2, 0.25) is 0 Å². The molecule has 0 aliphatic rings. The largest absolute Gasteiger partial charge is 0.388 e. The van der Waals surface area contributed by atoms with Crippen LogP contribution in [-0.4, -0.2) is 34.0 Å². The van der Waals surface area contributed by atoms with E-state index >= 15 is 0 Å². The molecular weight excluding hydrogens is 413 g/mol. The molecule has 158 valence electrons. The molecule has 0 fully saturated rings. The standard InChI is InChI=1S/C22H21F3N2O2S/c23-10-17(9-20(28)22(24)25)21(29)15-3-1-14(2-4-15)16-5-6-18(26-11-16)7-8-19-12-30-13-27-19/h1-6,11-13,17,21-22,29H,7-10H2/t17-,21-/m1/s1. The van der Waals surface area contributed by atoms with Crippen molar-refractivity contribution in [1.82, 2.24) is 9.97 Å². The molecule has 30 heavy (non-hydrogen) atoms. The minimum atomic E-state index is -3.16. The quantitative estimate of drug-likeness (QED) is 0.496. The van der Waals surface area contributed by atoms with Crippen LogP contribution in [0.4, 0.5) is 13.2 Å². The maximum atomic E-state index is 13.2. The van der Waals surface area contributed by atoms with Crippen LogP contribution >= 0.6 is 11.3 Å². The molecule has 0 spiro atoms. The molecule has 0 saturated carbocycles. The summed E-state index contributed by atoms with van der Waals surface area (Å²) in [5.41, 5.74) is 5.90. The molecule has 0 unspecified atom stereocenters. The van der Waals surface area contributed by atoms with E-state index in [0.29, 0.717) is 5.56 Å². The van der Waals surface area contributed by atoms with Gasteiger partial charge in [0.25, 0.3) is 6.43 Å². The molecule has 0 amide bonds. The highest BCUT2D eigenvalue weighted by molar-refractivity contribution is 7.07. The molecule has 2 aromatic heterocycles. The van der Waals surface area contributed by atoms with Crippen LogP contribution in [0, 0.1) is 5.92 Å². The molecule has 0 aliphatic heterocycles. The molecule has 0 radical (unpaired) electrons. The summed E-state index contributed by atoms with van der Waals surface area (Å²) < 4.78 is 38.0. The molecule has 2 atom stereocenters. The van der Waals surface area contributed by atoms with Crippen LogP contribution in [0.25, 0.3) is 11.1 Å². The van der Waals surface area contributed by atoms with Crippen molar-refractivity contribution in [3.8, 4) is 11.1 Å². The number of aromatic nitrogens is 2. The molecular formula is C22H21F3N2O2S. The highest BCUT2D eigenvalue weighted by Gasteiger charge is 2.27. The molecule has 1 N–H and O–H groups in total. The minimum absolute atomic E-state index is 0.372. The summed E-state index contributed by atoms with van der Waals surface area (Å²) in [5.74, 6) is -2.56. The number of aliphatic hydroxyl groups is 1. The molecule has 4 nitrogen and oxygen atoms in total. The molecule has 8 heteroatoms. The lowest BCUT2D eigenvalue weighted by Crippen LogP contribution is -2.22. The van der Waals surface area contributed by atoms with Gasteiger partial charge in [-0.3, -0.25) is 14.2 Å². The maximum absolute atomic E-state index is 13.2. The summed E-state index contributed by atoms with van der Waals surface area (Å²) >= 11 is 1.56. The van der Waals surface area contributed by atoms with Gasteiger partial charge in [-0.25, -0.2) is 13.8 Å². The number of halogens is 3. The van der Waals surface area contributed by atoms with Gasteiger partial charge in [0.15, 0.2) is 5.78 Å². The van der Waals surface area contributed by atoms with Gasteiger partial charge < -0.3 is 5.11 Å². The zero-order valence-corrected chi connectivity index (χ0v) is 16.9. The van der Waals surface area contributed by atoms with E-state index in [0.717, 1.165) is 35.4 Å². The monoisotopic (exact) mass is 434 g/mol. The second kappa shape index (κ2) is 10.4. The number of ketones is 1. The Labute approximate surface area is 176 Å². The highest BCUT2D eigenvalue weighted by atomic mass is 32.1. The normalized spacial score (nSPS) is 13.4. The average molecular weight is 434 g/mol. The van der Waals surface area contributed by atoms with E-state index in [1.807, 2.05) is 17.5 Å². The Morgan fingerprint density at radius 2 is 1.70 bits per heavy atom. The molecule has 1 aromatic carbocycles. The number of carbonyl (C=O) groups is 1. The van der Waals surface area contributed by atoms with Gasteiger partial charge in [-0.2, -0.15) is 0 Å². The fourth-order valence-corrected chi connectivity index (χ4v) is 3.70. The zero-order valence-electron chi connectivity index (χ0n) is 16.0. The van der Waals surface area contributed by atoms with Crippen LogP contribution in [0.1, 0.15) is 29.5 Å². The van der Waals surface area contributed by atoms with Crippen LogP contribution < -0.4 is 0 Å². The number of pyridine rings is 1. The summed E-state index contributed by atoms with van der Waals surface area (Å²) in [4.78, 5) is 19.9. The Kier molecular flexibility index (Phi) is 7.70. The zero-order chi connectivity index (χ0) is 21.5. The second-order valence-electron chi connectivity index (χ2n) is 6.97. The first-order valence-corrected chi connectivity index (χ1v) is 10.4. The van der Waals surface area contributed by atoms with E-state index in [4.69, 9.17) is 0 Å². The lowest BCUT2D eigenvalue weighted by Gasteiger charge is -2.20. The third-order valence-electron chi connectivity index (χ3n) is 4.88. The Morgan fingerprint density at radius 3 is 2.27 bits per heavy atom. The van der Waals surface area contributed by atoms with Crippen molar-refractivity contribution in [2.24, 2.45) is 5.92 Å². The Bertz CT molecular complexity index is 932. The van der Waals surface area contributed by atoms with E-state index in [2.05, 4.69) is 9.97 Å². The number of thiazole rings is 1. The fourth-order valence-electron chi connectivity index (χ4n) is 3.10. The van der Waals surface area contributed by atoms with Crippen molar-refractivity contribution in [2.75, 3.05) is 6.67 Å². The van der Waals surface area contributed by atoms with E-state index in [9.17, 15) is 23.1 Å². The SMILES string of the molecule is O=C(C[C@H](CF)[C@H](O)c1ccc(-c2ccc(CCc3cscn3)nc2)cc1)C(F)F. The lowest BCUT2D eigenvalue weighted by atomic mass is 9.91. The third-order valence-corrected chi connectivity index (χ3v) is 5.52. The van der Waals surface area contributed by atoms with Crippen molar-refractivity contribution in [2.45, 2.75) is 31.8 Å². The van der Waals surface area contributed by atoms with Gasteiger partial charge in [0.05, 0.1) is 24.0 Å². The number of nitrogens with zero attached hydrogens (tertiary/aromatic N) is 2. The number of carbonyl (C=O) groups excluding carboxylic acids is 1. The number of aliphatic hydroxyl groups excluding tert-OH is 1. The number of Topliss-reactive ketones (excluding diaryl/α,β-unsaturated/α-hetero) is 1. The molecule has 3 aromatic rings. The van der Waals surface area contributed by atoms with E-state index in [-0.39, 0.29) is 0 Å². The molecule has 0 saturated heterocycles. The van der Waals surface area contributed by atoms with Gasteiger partial charge in [-0.05, 0) is 30.0 Å². The molecule has 3 rings (SSSR count). The van der Waals surface area contributed by atoms with Crippen molar-refractivity contribution >= 4 is 17.1 Å². The number of benzene rings is 1. The summed E-state index contributed by atoms with van der Waals surface area (Å²) in [7, 11) is 0. The van der Waals surface area contributed by atoms with Gasteiger partial charge >= 0.3 is 0 Å². The van der Waals surface area contributed by atoms with Crippen molar-refractivity contribution < 1.29 is 23.1 Å². The summed E-state index contributed by atoms with van der Waals surface area (Å²) in [6, 6.07) is 10.6. The molecule has 0 aliphatic carbocycles. The number of rotatable bonds is 10. The minimum Gasteiger partial charge on any atom is -0.388 e. The third kappa shape index (κ3) is 5.73. The topological polar surface area (TPSA) is 63.1 Å². The lowest BCUT2D eigenvalue weighted by molar-refractivity contribution is -0.131. The predicted octanol–water partition coefficient (Wildman–Crippen LogP) is 4.83. The highest BCUT2D eigenvalue weighted by Crippen LogP contribution is 2.28. The maximum Gasteiger partial charge on any atom is 0.295 e. The van der Waals surface area contributed by atoms with Gasteiger partial charge in [0.1, 0.15) is 0 Å². The van der Waals surface area contributed by atoms with Crippen LogP contribution in [-0.2, 0) is 17.6 Å². The summed E-state index contributed by atoms with van der Waals surface area (Å²) in [6.07, 6.45) is -1.83. The number of hydrogen-bond donors (Lipinski definition) is 1. The van der Waals surface area contributed by atoms with Gasteiger partial charge in [-0.15, -0.1) is 11.3 Å². The first-order valence-electron chi connectivity index (χ1n) is 9.45. The Hall–Kier alpha value is -2.58. The van der Waals surface area contributed by atoms with Crippen molar-refractivity contribution in [1.29, 1.82) is 0 Å². The summed E-state index contributed by atoms with van der Waals surface area (Å²) in [6.45, 7) is -1.06. The second-order valence-corrected chi connectivity index (χ2v) is 7.69. The first kappa shape index (κ1) is 22.1. The molecule has 0 bridgehead atoms. The number of alkyl halides is 3.